The van der Waals surface area contributed by atoms with E-state index in [-0.39, 0.29) is 5.56 Å². The highest BCUT2D eigenvalue weighted by Gasteiger charge is 2.26. The summed E-state index contributed by atoms with van der Waals surface area (Å²) in [4.78, 5) is 49.0. The Bertz CT molecular complexity index is 1500. The van der Waals surface area contributed by atoms with E-state index < -0.39 is 17.2 Å². The number of aryl methyl sites for hydroxylation is 1. The Morgan fingerprint density at radius 2 is 1.67 bits per heavy atom. The van der Waals surface area contributed by atoms with Gasteiger partial charge in [-0.2, -0.15) is 0 Å². The standard InChI is InChI=1S/C24H24N8O4/c1-16-25-9-10-31(16)21-8-7-20(27-28-21)29-11-13-30(14-12-29)22(33)19-15-26-24(35)32(23(19)34)17-3-5-18(36-2)6-4-17/h3-10,15H,11-14H2,1-2H3,(H,26,35). The number of hydrogen-bond donors (Lipinski definition) is 1. The van der Waals surface area contributed by atoms with Crippen LogP contribution in [-0.4, -0.2) is 73.4 Å². The van der Waals surface area contributed by atoms with Gasteiger partial charge in [0.05, 0.1) is 12.8 Å². The van der Waals surface area contributed by atoms with Crippen LogP contribution in [0, 0.1) is 6.92 Å². The van der Waals surface area contributed by atoms with E-state index in [0.717, 1.165) is 10.4 Å². The molecule has 0 aliphatic carbocycles. The molecule has 1 saturated heterocycles. The zero-order chi connectivity index (χ0) is 25.2. The van der Waals surface area contributed by atoms with Gasteiger partial charge >= 0.3 is 5.69 Å². The van der Waals surface area contributed by atoms with Crippen LogP contribution in [-0.2, 0) is 0 Å². The molecule has 0 radical (unpaired) electrons. The number of anilines is 1. The Morgan fingerprint density at radius 3 is 2.28 bits per heavy atom. The van der Waals surface area contributed by atoms with Gasteiger partial charge in [-0.05, 0) is 43.3 Å². The van der Waals surface area contributed by atoms with Crippen LogP contribution in [0.25, 0.3) is 11.5 Å². The summed E-state index contributed by atoms with van der Waals surface area (Å²) in [5.74, 6) is 2.35. The lowest BCUT2D eigenvalue weighted by Crippen LogP contribution is -2.50. The molecule has 1 aromatic carbocycles. The van der Waals surface area contributed by atoms with Gasteiger partial charge in [0.15, 0.2) is 11.6 Å². The Balaban J connectivity index is 1.30. The van der Waals surface area contributed by atoms with Crippen LogP contribution in [0.4, 0.5) is 5.82 Å². The second-order valence-corrected chi connectivity index (χ2v) is 8.22. The van der Waals surface area contributed by atoms with Crippen molar-refractivity contribution in [2.45, 2.75) is 6.92 Å². The average Bonchev–Trinajstić information content (AvgIpc) is 3.35. The number of hydrogen-bond acceptors (Lipinski definition) is 8. The minimum atomic E-state index is -0.674. The van der Waals surface area contributed by atoms with Gasteiger partial charge in [-0.3, -0.25) is 14.2 Å². The molecule has 4 heterocycles. The van der Waals surface area contributed by atoms with E-state index in [1.54, 1.807) is 35.4 Å². The van der Waals surface area contributed by atoms with E-state index in [9.17, 15) is 14.4 Å². The van der Waals surface area contributed by atoms with Crippen LogP contribution in [0.1, 0.15) is 16.2 Å². The minimum Gasteiger partial charge on any atom is -0.497 e. The first-order chi connectivity index (χ1) is 17.5. The van der Waals surface area contributed by atoms with E-state index in [1.165, 1.54) is 13.3 Å². The Labute approximate surface area is 205 Å². The highest BCUT2D eigenvalue weighted by molar-refractivity contribution is 5.93. The molecule has 3 aromatic heterocycles. The van der Waals surface area contributed by atoms with Gasteiger partial charge < -0.3 is 19.5 Å². The molecule has 0 atom stereocenters. The van der Waals surface area contributed by atoms with Crippen molar-refractivity contribution in [1.29, 1.82) is 0 Å². The smallest absolute Gasteiger partial charge is 0.333 e. The lowest BCUT2D eigenvalue weighted by atomic mass is 10.2. The lowest BCUT2D eigenvalue weighted by Gasteiger charge is -2.35. The number of nitrogens with zero attached hydrogens (tertiary/aromatic N) is 7. The maximum atomic E-state index is 13.2. The van der Waals surface area contributed by atoms with E-state index in [0.29, 0.717) is 49.3 Å². The highest BCUT2D eigenvalue weighted by atomic mass is 16.5. The first-order valence-electron chi connectivity index (χ1n) is 11.3. The summed E-state index contributed by atoms with van der Waals surface area (Å²) in [6, 6.07) is 10.2. The molecule has 36 heavy (non-hydrogen) atoms. The van der Waals surface area contributed by atoms with Gasteiger partial charge in [0.1, 0.15) is 17.1 Å². The molecule has 1 aliphatic rings. The number of ether oxygens (including phenoxy) is 1. The molecule has 1 aliphatic heterocycles. The highest BCUT2D eigenvalue weighted by Crippen LogP contribution is 2.16. The van der Waals surface area contributed by atoms with E-state index in [2.05, 4.69) is 20.2 Å². The molecule has 1 fully saturated rings. The molecule has 1 N–H and O–H groups in total. The summed E-state index contributed by atoms with van der Waals surface area (Å²) in [5.41, 5.74) is -1.06. The fourth-order valence-electron chi connectivity index (χ4n) is 4.14. The SMILES string of the molecule is COc1ccc(-n2c(=O)[nH]cc(C(=O)N3CCN(c4ccc(-n5ccnc5C)nn4)CC3)c2=O)cc1. The van der Waals surface area contributed by atoms with Crippen molar-refractivity contribution in [3.8, 4) is 17.3 Å². The number of amides is 1. The van der Waals surface area contributed by atoms with Gasteiger partial charge in [0.2, 0.25) is 0 Å². The molecular weight excluding hydrogens is 464 g/mol. The topological polar surface area (TPSA) is 131 Å². The molecule has 184 valence electrons. The van der Waals surface area contributed by atoms with Crippen molar-refractivity contribution < 1.29 is 9.53 Å². The molecule has 0 bridgehead atoms. The molecule has 4 aromatic rings. The number of carbonyl (C=O) groups excluding carboxylic acids is 1. The number of carbonyl (C=O) groups is 1. The van der Waals surface area contributed by atoms with Crippen molar-refractivity contribution in [3.63, 3.8) is 0 Å². The molecule has 0 saturated carbocycles. The van der Waals surface area contributed by atoms with Crippen LogP contribution in [0.5, 0.6) is 5.75 Å². The quantitative estimate of drug-likeness (QED) is 0.436. The second kappa shape index (κ2) is 9.49. The maximum Gasteiger partial charge on any atom is 0.333 e. The predicted octanol–water partition coefficient (Wildman–Crippen LogP) is 0.781. The van der Waals surface area contributed by atoms with Gasteiger partial charge in [0, 0.05) is 44.8 Å². The normalized spacial score (nSPS) is 13.6. The minimum absolute atomic E-state index is 0.0984. The van der Waals surface area contributed by atoms with E-state index >= 15 is 0 Å². The zero-order valence-electron chi connectivity index (χ0n) is 19.8. The van der Waals surface area contributed by atoms with Crippen LogP contribution < -0.4 is 20.9 Å². The van der Waals surface area contributed by atoms with Crippen molar-refractivity contribution in [2.24, 2.45) is 0 Å². The number of benzene rings is 1. The summed E-state index contributed by atoms with van der Waals surface area (Å²) in [5, 5.41) is 8.62. The monoisotopic (exact) mass is 488 g/mol. The van der Waals surface area contributed by atoms with E-state index in [4.69, 9.17) is 4.74 Å². The van der Waals surface area contributed by atoms with Crippen LogP contribution in [0.3, 0.4) is 0 Å². The molecule has 0 unspecified atom stereocenters. The predicted molar refractivity (Wildman–Crippen MR) is 131 cm³/mol. The fourth-order valence-corrected chi connectivity index (χ4v) is 4.14. The maximum absolute atomic E-state index is 13.2. The number of imidazole rings is 1. The van der Waals surface area contributed by atoms with Gasteiger partial charge in [0.25, 0.3) is 11.5 Å². The molecule has 0 spiro atoms. The number of piperazine rings is 1. The third-order valence-electron chi connectivity index (χ3n) is 6.14. The van der Waals surface area contributed by atoms with Crippen molar-refractivity contribution in [3.05, 3.63) is 87.2 Å². The molecule has 12 heteroatoms. The summed E-state index contributed by atoms with van der Waals surface area (Å²) >= 11 is 0. The average molecular weight is 489 g/mol. The summed E-state index contributed by atoms with van der Waals surface area (Å²) in [7, 11) is 1.52. The summed E-state index contributed by atoms with van der Waals surface area (Å²) < 4.78 is 7.91. The molecular formula is C24H24N8O4. The summed E-state index contributed by atoms with van der Waals surface area (Å²) in [6.45, 7) is 3.73. The Hall–Kier alpha value is -4.74. The summed E-state index contributed by atoms with van der Waals surface area (Å²) in [6.07, 6.45) is 4.71. The number of H-pyrrole nitrogens is 1. The number of methoxy groups -OCH3 is 1. The second-order valence-electron chi connectivity index (χ2n) is 8.22. The van der Waals surface area contributed by atoms with Crippen molar-refractivity contribution in [2.75, 3.05) is 38.2 Å². The number of aromatic nitrogens is 6. The van der Waals surface area contributed by atoms with Gasteiger partial charge in [-0.15, -0.1) is 10.2 Å². The molecule has 12 nitrogen and oxygen atoms in total. The van der Waals surface area contributed by atoms with Crippen LogP contribution in [0.15, 0.2) is 64.6 Å². The third kappa shape index (κ3) is 4.24. The largest absolute Gasteiger partial charge is 0.497 e. The van der Waals surface area contributed by atoms with Crippen LogP contribution in [0.2, 0.25) is 0 Å². The first-order valence-corrected chi connectivity index (χ1v) is 11.3. The number of rotatable bonds is 5. The number of nitrogens with one attached hydrogen (secondary N) is 1. The fraction of sp³-hybridized carbons (Fsp3) is 0.250. The molecule has 5 rings (SSSR count). The van der Waals surface area contributed by atoms with Crippen molar-refractivity contribution >= 4 is 11.7 Å². The molecule has 1 amide bonds. The Kier molecular flexibility index (Phi) is 6.07. The van der Waals surface area contributed by atoms with Crippen molar-refractivity contribution in [1.82, 2.24) is 34.2 Å². The Morgan fingerprint density at radius 1 is 0.972 bits per heavy atom. The number of aromatic amines is 1. The lowest BCUT2D eigenvalue weighted by molar-refractivity contribution is 0.0743. The van der Waals surface area contributed by atoms with Gasteiger partial charge in [-0.25, -0.2) is 14.3 Å². The first kappa shape index (κ1) is 23.0. The third-order valence-corrected chi connectivity index (χ3v) is 6.14. The van der Waals surface area contributed by atoms with E-state index in [1.807, 2.05) is 34.7 Å². The zero-order valence-corrected chi connectivity index (χ0v) is 19.8. The van der Waals surface area contributed by atoms with Gasteiger partial charge in [-0.1, -0.05) is 0 Å². The van der Waals surface area contributed by atoms with Crippen LogP contribution >= 0.6 is 0 Å².